The van der Waals surface area contributed by atoms with Gasteiger partial charge in [0.25, 0.3) is 0 Å². The number of nitrogens with zero attached hydrogens (tertiary/aromatic N) is 4. The first-order valence-electron chi connectivity index (χ1n) is 10.7. The lowest BCUT2D eigenvalue weighted by molar-refractivity contribution is -0.116. The number of anilines is 1. The number of thiophene rings is 1. The van der Waals surface area contributed by atoms with Gasteiger partial charge in [-0.2, -0.15) is 4.98 Å². The van der Waals surface area contributed by atoms with Crippen LogP contribution in [0.25, 0.3) is 10.7 Å². The summed E-state index contributed by atoms with van der Waals surface area (Å²) in [6.45, 7) is 0. The SMILES string of the molecule is O=C(CCc1nc(-c2cccs2)no1)Nc1nnc(C23CC4CC(CC(C4)C2)C3)s1. The van der Waals surface area contributed by atoms with E-state index in [1.54, 1.807) is 22.7 Å². The second-order valence-electron chi connectivity index (χ2n) is 9.15. The predicted molar refractivity (Wildman–Crippen MR) is 114 cm³/mol. The number of amides is 1. The van der Waals surface area contributed by atoms with Crippen molar-refractivity contribution in [3.8, 4) is 10.7 Å². The Balaban J connectivity index is 1.08. The topological polar surface area (TPSA) is 93.8 Å². The smallest absolute Gasteiger partial charge is 0.227 e. The number of hydrogen-bond acceptors (Lipinski definition) is 8. The van der Waals surface area contributed by atoms with Gasteiger partial charge in [0.15, 0.2) is 0 Å². The van der Waals surface area contributed by atoms with Gasteiger partial charge in [-0.25, -0.2) is 0 Å². The molecule has 0 unspecified atom stereocenters. The number of hydrogen-bond donors (Lipinski definition) is 1. The summed E-state index contributed by atoms with van der Waals surface area (Å²) in [6.07, 6.45) is 8.67. The van der Waals surface area contributed by atoms with Crippen molar-refractivity contribution in [1.29, 1.82) is 0 Å². The Kier molecular flexibility index (Phi) is 4.49. The van der Waals surface area contributed by atoms with E-state index < -0.39 is 0 Å². The molecule has 4 aliphatic rings. The lowest BCUT2D eigenvalue weighted by Crippen LogP contribution is -2.48. The molecule has 156 valence electrons. The van der Waals surface area contributed by atoms with Crippen LogP contribution in [0.1, 0.15) is 55.8 Å². The van der Waals surface area contributed by atoms with Gasteiger partial charge in [0.05, 0.1) is 4.88 Å². The van der Waals surface area contributed by atoms with Crippen LogP contribution in [-0.2, 0) is 16.6 Å². The van der Waals surface area contributed by atoms with Gasteiger partial charge in [-0.1, -0.05) is 22.6 Å². The third-order valence-corrected chi connectivity index (χ3v) is 8.89. The predicted octanol–water partition coefficient (Wildman–Crippen LogP) is 4.69. The lowest BCUT2D eigenvalue weighted by atomic mass is 9.50. The van der Waals surface area contributed by atoms with Crippen LogP contribution in [0.4, 0.5) is 5.13 Å². The zero-order valence-corrected chi connectivity index (χ0v) is 18.2. The van der Waals surface area contributed by atoms with Gasteiger partial charge in [0.1, 0.15) is 5.01 Å². The largest absolute Gasteiger partial charge is 0.339 e. The normalized spacial score (nSPS) is 29.4. The monoisotopic (exact) mass is 441 g/mol. The fourth-order valence-electron chi connectivity index (χ4n) is 6.13. The molecule has 4 bridgehead atoms. The standard InChI is InChI=1S/C21H23N5O2S2/c27-16(3-4-17-23-18(26-28-17)15-2-1-5-29-15)22-20-25-24-19(30-20)21-9-12-6-13(10-21)8-14(7-12)11-21/h1-2,5,12-14H,3-4,6-11H2,(H,22,25,27). The van der Waals surface area contributed by atoms with E-state index in [-0.39, 0.29) is 17.7 Å². The van der Waals surface area contributed by atoms with E-state index in [2.05, 4.69) is 25.7 Å². The van der Waals surface area contributed by atoms with Gasteiger partial charge in [0, 0.05) is 18.3 Å². The number of aryl methyl sites for hydroxylation is 1. The molecule has 3 heterocycles. The molecule has 0 saturated heterocycles. The summed E-state index contributed by atoms with van der Waals surface area (Å²) in [5.74, 6) is 3.55. The van der Waals surface area contributed by atoms with Crippen molar-refractivity contribution in [1.82, 2.24) is 20.3 Å². The molecule has 0 atom stereocenters. The molecule has 7 rings (SSSR count). The van der Waals surface area contributed by atoms with Gasteiger partial charge in [-0.05, 0) is 67.7 Å². The second-order valence-corrected chi connectivity index (χ2v) is 11.1. The molecule has 0 spiro atoms. The summed E-state index contributed by atoms with van der Waals surface area (Å²) in [6, 6.07) is 3.89. The quantitative estimate of drug-likeness (QED) is 0.596. The maximum atomic E-state index is 12.4. The minimum atomic E-state index is -0.0981. The highest BCUT2D eigenvalue weighted by Crippen LogP contribution is 2.61. The summed E-state index contributed by atoms with van der Waals surface area (Å²) >= 11 is 3.13. The average molecular weight is 442 g/mol. The molecule has 1 amide bonds. The molecule has 0 aromatic carbocycles. The number of carbonyl (C=O) groups is 1. The molecule has 4 fully saturated rings. The molecular weight excluding hydrogens is 418 g/mol. The van der Waals surface area contributed by atoms with Crippen LogP contribution in [0.2, 0.25) is 0 Å². The van der Waals surface area contributed by atoms with Gasteiger partial charge in [-0.15, -0.1) is 21.5 Å². The maximum Gasteiger partial charge on any atom is 0.227 e. The molecule has 9 heteroatoms. The number of rotatable bonds is 6. The molecule has 3 aromatic heterocycles. The average Bonchev–Trinajstić information content (AvgIpc) is 3.46. The van der Waals surface area contributed by atoms with E-state index in [9.17, 15) is 4.79 Å². The first kappa shape index (κ1) is 18.6. The third-order valence-electron chi connectivity index (χ3n) is 6.94. The highest BCUT2D eigenvalue weighted by atomic mass is 32.1. The Bertz CT molecular complexity index is 1020. The number of aromatic nitrogens is 4. The van der Waals surface area contributed by atoms with E-state index in [1.165, 1.54) is 38.5 Å². The summed E-state index contributed by atoms with van der Waals surface area (Å²) in [5.41, 5.74) is 0.220. The van der Waals surface area contributed by atoms with Crippen LogP contribution in [0, 0.1) is 17.8 Å². The van der Waals surface area contributed by atoms with E-state index in [1.807, 2.05) is 17.5 Å². The zero-order chi connectivity index (χ0) is 20.1. The van der Waals surface area contributed by atoms with E-state index in [0.717, 1.165) is 27.6 Å². The molecule has 4 saturated carbocycles. The van der Waals surface area contributed by atoms with Gasteiger partial charge in [-0.3, -0.25) is 4.79 Å². The number of carbonyl (C=O) groups excluding carboxylic acids is 1. The first-order valence-corrected chi connectivity index (χ1v) is 12.4. The van der Waals surface area contributed by atoms with E-state index in [0.29, 0.717) is 23.3 Å². The van der Waals surface area contributed by atoms with Crippen molar-refractivity contribution in [2.45, 2.75) is 56.8 Å². The molecular formula is C21H23N5O2S2. The molecule has 0 aliphatic heterocycles. The molecule has 7 nitrogen and oxygen atoms in total. The minimum Gasteiger partial charge on any atom is -0.339 e. The van der Waals surface area contributed by atoms with Crippen molar-refractivity contribution in [3.05, 3.63) is 28.4 Å². The third kappa shape index (κ3) is 3.37. The van der Waals surface area contributed by atoms with Crippen LogP contribution in [0.5, 0.6) is 0 Å². The van der Waals surface area contributed by atoms with Crippen LogP contribution >= 0.6 is 22.7 Å². The molecule has 1 N–H and O–H groups in total. The van der Waals surface area contributed by atoms with Crippen LogP contribution < -0.4 is 5.32 Å². The highest BCUT2D eigenvalue weighted by molar-refractivity contribution is 7.15. The van der Waals surface area contributed by atoms with E-state index in [4.69, 9.17) is 4.52 Å². The van der Waals surface area contributed by atoms with Crippen molar-refractivity contribution in [3.63, 3.8) is 0 Å². The van der Waals surface area contributed by atoms with Crippen molar-refractivity contribution >= 4 is 33.7 Å². The maximum absolute atomic E-state index is 12.4. The van der Waals surface area contributed by atoms with Gasteiger partial charge < -0.3 is 9.84 Å². The molecule has 3 aromatic rings. The zero-order valence-electron chi connectivity index (χ0n) is 16.5. The molecule has 0 radical (unpaired) electrons. The summed E-state index contributed by atoms with van der Waals surface area (Å²) < 4.78 is 5.27. The Morgan fingerprint density at radius 2 is 1.93 bits per heavy atom. The first-order chi connectivity index (χ1) is 14.6. The van der Waals surface area contributed by atoms with E-state index >= 15 is 0 Å². The molecule has 30 heavy (non-hydrogen) atoms. The van der Waals surface area contributed by atoms with Crippen molar-refractivity contribution in [2.75, 3.05) is 5.32 Å². The van der Waals surface area contributed by atoms with Crippen molar-refractivity contribution in [2.24, 2.45) is 17.8 Å². The fourth-order valence-corrected chi connectivity index (χ4v) is 7.75. The minimum absolute atomic E-state index is 0.0981. The highest BCUT2D eigenvalue weighted by Gasteiger charge is 2.53. The van der Waals surface area contributed by atoms with Gasteiger partial charge in [0.2, 0.25) is 22.8 Å². The fraction of sp³-hybridized carbons (Fsp3) is 0.571. The second kappa shape index (κ2) is 7.23. The summed E-state index contributed by atoms with van der Waals surface area (Å²) in [7, 11) is 0. The Morgan fingerprint density at radius 3 is 2.63 bits per heavy atom. The Labute approximate surface area is 182 Å². The summed E-state index contributed by atoms with van der Waals surface area (Å²) in [4.78, 5) is 17.7. The van der Waals surface area contributed by atoms with Crippen molar-refractivity contribution < 1.29 is 9.32 Å². The van der Waals surface area contributed by atoms with Crippen LogP contribution in [0.15, 0.2) is 22.0 Å². The molecule has 4 aliphatic carbocycles. The lowest BCUT2D eigenvalue weighted by Gasteiger charge is -2.55. The van der Waals surface area contributed by atoms with Crippen LogP contribution in [-0.4, -0.2) is 26.2 Å². The number of nitrogens with one attached hydrogen (secondary N) is 1. The summed E-state index contributed by atoms with van der Waals surface area (Å²) in [5, 5.41) is 19.4. The Morgan fingerprint density at radius 1 is 1.17 bits per heavy atom. The van der Waals surface area contributed by atoms with Crippen LogP contribution in [0.3, 0.4) is 0 Å². The Hall–Kier alpha value is -2.13. The van der Waals surface area contributed by atoms with Gasteiger partial charge >= 0.3 is 0 Å².